The van der Waals surface area contributed by atoms with Crippen molar-refractivity contribution in [3.05, 3.63) is 46.3 Å². The third-order valence-corrected chi connectivity index (χ3v) is 11.0. The van der Waals surface area contributed by atoms with Crippen LogP contribution in [0.1, 0.15) is 86.5 Å². The van der Waals surface area contributed by atoms with Gasteiger partial charge in [-0.3, -0.25) is 4.79 Å². The summed E-state index contributed by atoms with van der Waals surface area (Å²) in [4.78, 5) is 12.6. The van der Waals surface area contributed by atoms with Gasteiger partial charge in [-0.15, -0.1) is 0 Å². The van der Waals surface area contributed by atoms with E-state index in [1.54, 1.807) is 11.6 Å². The Hall–Kier alpha value is -1.61. The van der Waals surface area contributed by atoms with Crippen molar-refractivity contribution in [3.63, 3.8) is 0 Å². The van der Waals surface area contributed by atoms with Gasteiger partial charge >= 0.3 is 0 Å². The zero-order chi connectivity index (χ0) is 23.8. The van der Waals surface area contributed by atoms with Crippen LogP contribution < -0.4 is 5.32 Å². The summed E-state index contributed by atoms with van der Waals surface area (Å²) in [6.07, 6.45) is 15.2. The van der Waals surface area contributed by atoms with Gasteiger partial charge in [-0.1, -0.05) is 52.3 Å². The second-order valence-corrected chi connectivity index (χ2v) is 13.0. The minimum Gasteiger partial charge on any atom is -0.504 e. The molecule has 3 nitrogen and oxygen atoms in total. The average molecular weight is 450 g/mol. The molecule has 0 spiro atoms. The molecule has 3 heteroatoms. The molecule has 0 aromatic rings. The predicted octanol–water partition coefficient (Wildman–Crippen LogP) is 6.83. The van der Waals surface area contributed by atoms with E-state index in [9.17, 15) is 9.90 Å². The Kier molecular flexibility index (Phi) is 5.22. The zero-order valence-corrected chi connectivity index (χ0v) is 21.6. The highest BCUT2D eigenvalue weighted by molar-refractivity contribution is 6.06. The Bertz CT molecular complexity index is 1010. The second-order valence-electron chi connectivity index (χ2n) is 13.0. The number of fused-ring (bicyclic) bond motifs is 7. The van der Waals surface area contributed by atoms with Gasteiger partial charge in [-0.25, -0.2) is 0 Å². The van der Waals surface area contributed by atoms with Crippen molar-refractivity contribution in [2.75, 3.05) is 13.1 Å². The van der Waals surface area contributed by atoms with Gasteiger partial charge in [0.05, 0.1) is 0 Å². The van der Waals surface area contributed by atoms with Gasteiger partial charge < -0.3 is 10.4 Å². The number of ketones is 1. The van der Waals surface area contributed by atoms with Crippen molar-refractivity contribution in [2.45, 2.75) is 86.5 Å². The number of aliphatic hydroxyl groups excluding tert-OH is 1. The maximum atomic E-state index is 12.6. The Balaban J connectivity index is 1.54. The quantitative estimate of drug-likeness (QED) is 0.496. The van der Waals surface area contributed by atoms with Crippen LogP contribution in [0.3, 0.4) is 0 Å². The Morgan fingerprint density at radius 3 is 2.48 bits per heavy atom. The molecule has 0 bridgehead atoms. The summed E-state index contributed by atoms with van der Waals surface area (Å²) in [5.41, 5.74) is 5.42. The van der Waals surface area contributed by atoms with Crippen LogP contribution in [0.5, 0.6) is 0 Å². The molecule has 2 N–H and O–H groups in total. The first-order chi connectivity index (χ1) is 15.5. The van der Waals surface area contributed by atoms with Gasteiger partial charge in [0.2, 0.25) is 5.78 Å². The molecule has 5 rings (SSSR count). The van der Waals surface area contributed by atoms with E-state index in [1.807, 2.05) is 6.92 Å². The smallest absolute Gasteiger partial charge is 0.220 e. The molecule has 0 aromatic carbocycles. The number of hydrogen-bond acceptors (Lipinski definition) is 3. The molecule has 6 unspecified atom stereocenters. The fourth-order valence-corrected chi connectivity index (χ4v) is 8.70. The summed E-state index contributed by atoms with van der Waals surface area (Å²) in [6.45, 7) is 16.3. The van der Waals surface area contributed by atoms with Crippen molar-refractivity contribution in [3.8, 4) is 0 Å². The number of hydrogen-bond donors (Lipinski definition) is 2. The number of rotatable bonds is 3. The highest BCUT2D eigenvalue weighted by Crippen LogP contribution is 2.70. The number of nitrogens with one attached hydrogen (secondary N) is 1. The van der Waals surface area contributed by atoms with Crippen LogP contribution in [0.4, 0.5) is 0 Å². The summed E-state index contributed by atoms with van der Waals surface area (Å²) in [5.74, 6) is 1.16. The topological polar surface area (TPSA) is 49.3 Å². The lowest BCUT2D eigenvalue weighted by Gasteiger charge is -2.65. The van der Waals surface area contributed by atoms with E-state index in [0.29, 0.717) is 16.7 Å². The van der Waals surface area contributed by atoms with Crippen LogP contribution in [0.15, 0.2) is 46.3 Å². The van der Waals surface area contributed by atoms with Gasteiger partial charge in [-0.2, -0.15) is 0 Å². The van der Waals surface area contributed by atoms with Crippen LogP contribution >= 0.6 is 0 Å². The molecule has 0 aliphatic heterocycles. The standard InChI is InChI=1S/C30H43NO2/c1-7-31-18-27(3)12-13-28(4)14-15-30(6)21(23(28)17-27)10-11-29(5)22-16-24(32)26(33)19(2)20(22)8-9-25(29)30/h8-9,16,21,23,31,33H,7,10-15,17-18H2,1-6H3. The maximum absolute atomic E-state index is 12.6. The largest absolute Gasteiger partial charge is 0.504 e. The minimum atomic E-state index is -0.225. The van der Waals surface area contributed by atoms with E-state index >= 15 is 0 Å². The van der Waals surface area contributed by atoms with Gasteiger partial charge in [0.25, 0.3) is 0 Å². The number of carbonyl (C=O) groups excluding carboxylic acids is 1. The van der Waals surface area contributed by atoms with Crippen molar-refractivity contribution < 1.29 is 9.90 Å². The Morgan fingerprint density at radius 1 is 1.03 bits per heavy atom. The molecule has 6 atom stereocenters. The van der Waals surface area contributed by atoms with E-state index in [4.69, 9.17) is 0 Å². The van der Waals surface area contributed by atoms with E-state index < -0.39 is 0 Å². The van der Waals surface area contributed by atoms with Crippen molar-refractivity contribution >= 4 is 5.78 Å². The van der Waals surface area contributed by atoms with Crippen LogP contribution in [-0.2, 0) is 4.79 Å². The van der Waals surface area contributed by atoms with Crippen molar-refractivity contribution in [1.82, 2.24) is 5.32 Å². The van der Waals surface area contributed by atoms with Crippen LogP contribution in [0.25, 0.3) is 0 Å². The molecule has 0 radical (unpaired) electrons. The third kappa shape index (κ3) is 3.21. The van der Waals surface area contributed by atoms with Crippen LogP contribution in [-0.4, -0.2) is 24.0 Å². The first-order valence-corrected chi connectivity index (χ1v) is 13.3. The Morgan fingerprint density at radius 2 is 1.76 bits per heavy atom. The first-order valence-electron chi connectivity index (χ1n) is 13.3. The summed E-state index contributed by atoms with van der Waals surface area (Å²) in [6, 6.07) is 0. The van der Waals surface area contributed by atoms with Gasteiger partial charge in [0.1, 0.15) is 0 Å². The molecular weight excluding hydrogens is 406 g/mol. The second kappa shape index (κ2) is 7.44. The van der Waals surface area contributed by atoms with Gasteiger partial charge in [-0.05, 0) is 104 Å². The zero-order valence-electron chi connectivity index (χ0n) is 21.6. The number of aliphatic hydroxyl groups is 1. The lowest BCUT2D eigenvalue weighted by molar-refractivity contribution is -0.114. The highest BCUT2D eigenvalue weighted by Gasteiger charge is 2.61. The van der Waals surface area contributed by atoms with E-state index in [2.05, 4.69) is 52.1 Å². The van der Waals surface area contributed by atoms with E-state index in [-0.39, 0.29) is 22.4 Å². The molecule has 5 aliphatic carbocycles. The molecule has 0 heterocycles. The highest BCUT2D eigenvalue weighted by atomic mass is 16.3. The molecule has 180 valence electrons. The normalized spacial score (nSPS) is 44.7. The Labute approximate surface area is 200 Å². The van der Waals surface area contributed by atoms with Crippen LogP contribution in [0.2, 0.25) is 0 Å². The molecular formula is C30H43NO2. The molecule has 5 aliphatic rings. The monoisotopic (exact) mass is 449 g/mol. The molecule has 3 saturated carbocycles. The lowest BCUT2D eigenvalue weighted by Crippen LogP contribution is -2.56. The van der Waals surface area contributed by atoms with Crippen molar-refractivity contribution in [2.24, 2.45) is 33.5 Å². The SMILES string of the molecule is CCNCC1(C)CCC2(C)CCC3(C)C4=CC=C5C(=CC(=O)C(O)=C5C)C4(C)CCC3C2C1. The minimum absolute atomic E-state index is 0.0824. The predicted molar refractivity (Wildman–Crippen MR) is 135 cm³/mol. The molecule has 33 heavy (non-hydrogen) atoms. The summed E-state index contributed by atoms with van der Waals surface area (Å²) in [5, 5.41) is 13.9. The van der Waals surface area contributed by atoms with Gasteiger partial charge in [0.15, 0.2) is 5.76 Å². The summed E-state index contributed by atoms with van der Waals surface area (Å²) in [7, 11) is 0. The fourth-order valence-electron chi connectivity index (χ4n) is 8.70. The van der Waals surface area contributed by atoms with Crippen molar-refractivity contribution in [1.29, 1.82) is 0 Å². The maximum Gasteiger partial charge on any atom is 0.220 e. The average Bonchev–Trinajstić information content (AvgIpc) is 2.77. The summed E-state index contributed by atoms with van der Waals surface area (Å²) < 4.78 is 0. The molecule has 0 amide bonds. The molecule has 3 fully saturated rings. The number of carbonyl (C=O) groups is 1. The van der Waals surface area contributed by atoms with Gasteiger partial charge in [0, 0.05) is 17.5 Å². The van der Waals surface area contributed by atoms with E-state index in [1.165, 1.54) is 38.5 Å². The number of allylic oxidation sites excluding steroid dienone is 7. The fraction of sp³-hybridized carbons (Fsp3) is 0.700. The third-order valence-electron chi connectivity index (χ3n) is 11.0. The molecule has 0 saturated heterocycles. The lowest BCUT2D eigenvalue weighted by atomic mass is 9.39. The first kappa shape index (κ1) is 23.1. The molecule has 0 aromatic heterocycles. The van der Waals surface area contributed by atoms with Crippen LogP contribution in [0, 0.1) is 33.5 Å². The van der Waals surface area contributed by atoms with E-state index in [0.717, 1.165) is 42.1 Å². The summed E-state index contributed by atoms with van der Waals surface area (Å²) >= 11 is 0.